The molecule has 3 aromatic carbocycles. The van der Waals surface area contributed by atoms with Crippen LogP contribution in [-0.2, 0) is 4.79 Å². The van der Waals surface area contributed by atoms with Crippen LogP contribution in [0.4, 0.5) is 16.0 Å². The highest BCUT2D eigenvalue weighted by Gasteiger charge is 2.35. The second kappa shape index (κ2) is 8.11. The molecule has 5 rings (SSSR count). The number of carbonyl (C=O) groups is 1. The first kappa shape index (κ1) is 19.7. The van der Waals surface area contributed by atoms with Crippen LogP contribution in [0.1, 0.15) is 18.5 Å². The Kier molecular flexibility index (Phi) is 4.99. The molecule has 1 atom stereocenters. The first-order valence-electron chi connectivity index (χ1n) is 10.2. The van der Waals surface area contributed by atoms with Gasteiger partial charge in [0.05, 0.1) is 5.57 Å². The first-order valence-corrected chi connectivity index (χ1v) is 10.2. The van der Waals surface area contributed by atoms with Crippen molar-refractivity contribution in [3.05, 3.63) is 108 Å². The smallest absolute Gasteiger partial charge is 0.255 e. The van der Waals surface area contributed by atoms with Gasteiger partial charge >= 0.3 is 0 Å². The number of carbonyl (C=O) groups excluding carboxylic acids is 1. The standard InChI is InChI=1S/C25H20FN5O/c1-16-21(24(32)28-18-12-6-3-7-13-18)22(19-14-8-9-15-20(19)26)31-25(27-16)29-23(30-31)17-10-4-2-5-11-17/h2-15,22H,1H3,(H,28,32)(H,27,29,30). The highest BCUT2D eigenvalue weighted by molar-refractivity contribution is 6.06. The minimum Gasteiger partial charge on any atom is -0.328 e. The number of para-hydroxylation sites is 1. The molecule has 0 spiro atoms. The third-order valence-corrected chi connectivity index (χ3v) is 5.36. The minimum atomic E-state index is -0.777. The molecule has 1 aliphatic heterocycles. The lowest BCUT2D eigenvalue weighted by atomic mass is 9.94. The van der Waals surface area contributed by atoms with Crippen molar-refractivity contribution in [2.45, 2.75) is 13.0 Å². The molecule has 2 heterocycles. The molecule has 32 heavy (non-hydrogen) atoms. The number of anilines is 2. The van der Waals surface area contributed by atoms with Crippen molar-refractivity contribution in [2.75, 3.05) is 10.6 Å². The number of rotatable bonds is 4. The van der Waals surface area contributed by atoms with E-state index >= 15 is 0 Å². The zero-order valence-electron chi connectivity index (χ0n) is 17.3. The maximum Gasteiger partial charge on any atom is 0.255 e. The average Bonchev–Trinajstić information content (AvgIpc) is 3.23. The number of hydrogen-bond donors (Lipinski definition) is 2. The Morgan fingerprint density at radius 1 is 0.969 bits per heavy atom. The summed E-state index contributed by atoms with van der Waals surface area (Å²) in [7, 11) is 0. The van der Waals surface area contributed by atoms with Crippen molar-refractivity contribution in [3.63, 3.8) is 0 Å². The Morgan fingerprint density at radius 3 is 2.34 bits per heavy atom. The van der Waals surface area contributed by atoms with Crippen molar-refractivity contribution < 1.29 is 9.18 Å². The van der Waals surface area contributed by atoms with E-state index in [0.29, 0.717) is 34.3 Å². The predicted octanol–water partition coefficient (Wildman–Crippen LogP) is 5.01. The van der Waals surface area contributed by atoms with E-state index in [2.05, 4.69) is 20.7 Å². The van der Waals surface area contributed by atoms with Gasteiger partial charge in [0.2, 0.25) is 5.95 Å². The van der Waals surface area contributed by atoms with Crippen molar-refractivity contribution in [1.82, 2.24) is 14.8 Å². The van der Waals surface area contributed by atoms with E-state index < -0.39 is 11.9 Å². The number of aromatic nitrogens is 3. The number of nitrogens with one attached hydrogen (secondary N) is 2. The van der Waals surface area contributed by atoms with Crippen molar-refractivity contribution in [1.29, 1.82) is 0 Å². The summed E-state index contributed by atoms with van der Waals surface area (Å²) in [6.45, 7) is 1.79. The number of benzene rings is 3. The Bertz CT molecular complexity index is 1310. The van der Waals surface area contributed by atoms with Crippen LogP contribution in [0.2, 0.25) is 0 Å². The average molecular weight is 425 g/mol. The van der Waals surface area contributed by atoms with E-state index in [1.807, 2.05) is 48.5 Å². The van der Waals surface area contributed by atoms with Crippen LogP contribution < -0.4 is 10.6 Å². The minimum absolute atomic E-state index is 0.336. The quantitative estimate of drug-likeness (QED) is 0.482. The Labute approximate surface area is 184 Å². The van der Waals surface area contributed by atoms with Crippen LogP contribution in [0, 0.1) is 5.82 Å². The summed E-state index contributed by atoms with van der Waals surface area (Å²) in [6, 6.07) is 24.3. The molecular weight excluding hydrogens is 405 g/mol. The fourth-order valence-electron chi connectivity index (χ4n) is 3.86. The number of halogens is 1. The summed E-state index contributed by atoms with van der Waals surface area (Å²) in [6.07, 6.45) is 0. The summed E-state index contributed by atoms with van der Waals surface area (Å²) in [5, 5.41) is 10.7. The van der Waals surface area contributed by atoms with Gasteiger partial charge in [-0.25, -0.2) is 9.07 Å². The Hall–Kier alpha value is -4.26. The van der Waals surface area contributed by atoms with Gasteiger partial charge in [0, 0.05) is 22.5 Å². The molecule has 0 bridgehead atoms. The van der Waals surface area contributed by atoms with Crippen LogP contribution in [0.15, 0.2) is 96.2 Å². The van der Waals surface area contributed by atoms with Crippen molar-refractivity contribution in [2.24, 2.45) is 0 Å². The zero-order valence-corrected chi connectivity index (χ0v) is 17.3. The summed E-state index contributed by atoms with van der Waals surface area (Å²) in [5.74, 6) is 0.189. The molecule has 0 radical (unpaired) electrons. The van der Waals surface area contributed by atoms with Crippen LogP contribution >= 0.6 is 0 Å². The van der Waals surface area contributed by atoms with Gasteiger partial charge in [0.15, 0.2) is 5.82 Å². The van der Waals surface area contributed by atoms with E-state index in [1.165, 1.54) is 6.07 Å². The fraction of sp³-hybridized carbons (Fsp3) is 0.0800. The van der Waals surface area contributed by atoms with Gasteiger partial charge in [-0.15, -0.1) is 5.10 Å². The Balaban J connectivity index is 1.63. The molecule has 2 N–H and O–H groups in total. The van der Waals surface area contributed by atoms with Crippen LogP contribution in [-0.4, -0.2) is 20.7 Å². The van der Waals surface area contributed by atoms with E-state index in [4.69, 9.17) is 0 Å². The van der Waals surface area contributed by atoms with Crippen LogP contribution in [0.3, 0.4) is 0 Å². The molecule has 158 valence electrons. The Morgan fingerprint density at radius 2 is 1.62 bits per heavy atom. The fourth-order valence-corrected chi connectivity index (χ4v) is 3.86. The molecular formula is C25H20FN5O. The van der Waals surface area contributed by atoms with Crippen molar-refractivity contribution in [3.8, 4) is 11.4 Å². The molecule has 0 saturated heterocycles. The van der Waals surface area contributed by atoms with Gasteiger partial charge in [0.25, 0.3) is 5.91 Å². The number of fused-ring (bicyclic) bond motifs is 1. The SMILES string of the molecule is CC1=C(C(=O)Nc2ccccc2)C(c2ccccc2F)n2nc(-c3ccccc3)nc2N1. The molecule has 1 aromatic heterocycles. The molecule has 0 fully saturated rings. The summed E-state index contributed by atoms with van der Waals surface area (Å²) in [4.78, 5) is 18.0. The molecule has 0 saturated carbocycles. The van der Waals surface area contributed by atoms with Gasteiger partial charge in [-0.2, -0.15) is 4.98 Å². The second-order valence-electron chi connectivity index (χ2n) is 7.48. The van der Waals surface area contributed by atoms with Gasteiger partial charge in [0.1, 0.15) is 11.9 Å². The van der Waals surface area contributed by atoms with Gasteiger partial charge in [-0.3, -0.25) is 4.79 Å². The first-order chi connectivity index (χ1) is 15.6. The van der Waals surface area contributed by atoms with E-state index in [1.54, 1.807) is 41.9 Å². The zero-order chi connectivity index (χ0) is 22.1. The monoisotopic (exact) mass is 425 g/mol. The molecule has 1 unspecified atom stereocenters. The summed E-state index contributed by atoms with van der Waals surface area (Å²) < 4.78 is 16.5. The van der Waals surface area contributed by atoms with Crippen LogP contribution in [0.5, 0.6) is 0 Å². The predicted molar refractivity (Wildman–Crippen MR) is 121 cm³/mol. The van der Waals surface area contributed by atoms with E-state index in [9.17, 15) is 9.18 Å². The number of nitrogens with zero attached hydrogens (tertiary/aromatic N) is 3. The number of allylic oxidation sites excluding steroid dienone is 1. The summed E-state index contributed by atoms with van der Waals surface area (Å²) in [5.41, 5.74) is 2.79. The third-order valence-electron chi connectivity index (χ3n) is 5.36. The molecule has 1 aliphatic rings. The van der Waals surface area contributed by atoms with E-state index in [-0.39, 0.29) is 5.91 Å². The maximum atomic E-state index is 15.0. The highest BCUT2D eigenvalue weighted by atomic mass is 19.1. The second-order valence-corrected chi connectivity index (χ2v) is 7.48. The highest BCUT2D eigenvalue weighted by Crippen LogP contribution is 2.37. The van der Waals surface area contributed by atoms with Gasteiger partial charge in [-0.1, -0.05) is 66.7 Å². The van der Waals surface area contributed by atoms with E-state index in [0.717, 1.165) is 5.56 Å². The lowest BCUT2D eigenvalue weighted by molar-refractivity contribution is -0.113. The maximum absolute atomic E-state index is 15.0. The normalized spacial score (nSPS) is 15.1. The van der Waals surface area contributed by atoms with Crippen LogP contribution in [0.25, 0.3) is 11.4 Å². The number of amides is 1. The molecule has 0 aliphatic carbocycles. The lowest BCUT2D eigenvalue weighted by Crippen LogP contribution is -2.32. The third kappa shape index (κ3) is 3.54. The topological polar surface area (TPSA) is 71.8 Å². The largest absolute Gasteiger partial charge is 0.328 e. The molecule has 7 heteroatoms. The molecule has 1 amide bonds. The lowest BCUT2D eigenvalue weighted by Gasteiger charge is -2.28. The molecule has 4 aromatic rings. The van der Waals surface area contributed by atoms with Crippen molar-refractivity contribution >= 4 is 17.5 Å². The van der Waals surface area contributed by atoms with Gasteiger partial charge < -0.3 is 10.6 Å². The molecule has 6 nitrogen and oxygen atoms in total. The van der Waals surface area contributed by atoms with Gasteiger partial charge in [-0.05, 0) is 25.1 Å². The summed E-state index contributed by atoms with van der Waals surface area (Å²) >= 11 is 0. The number of hydrogen-bond acceptors (Lipinski definition) is 4.